The van der Waals surface area contributed by atoms with Crippen molar-refractivity contribution in [3.8, 4) is 5.75 Å². The number of nitro benzene ring substituents is 1. The zero-order chi connectivity index (χ0) is 25.2. The molecule has 0 heterocycles. The summed E-state index contributed by atoms with van der Waals surface area (Å²) in [6, 6.07) is 5.94. The van der Waals surface area contributed by atoms with E-state index in [0.717, 1.165) is 13.0 Å². The first-order chi connectivity index (χ1) is 17.2. The summed E-state index contributed by atoms with van der Waals surface area (Å²) in [6.45, 7) is 9.09. The first-order valence-corrected chi connectivity index (χ1v) is 12.6. The normalized spacial score (nSPS) is 11.1. The lowest BCUT2D eigenvalue weighted by Crippen LogP contribution is -2.14. The minimum atomic E-state index is -0.446. The zero-order valence-electron chi connectivity index (χ0n) is 21.2. The van der Waals surface area contributed by atoms with Gasteiger partial charge >= 0.3 is 0 Å². The van der Waals surface area contributed by atoms with Crippen molar-refractivity contribution in [3.63, 3.8) is 0 Å². The predicted octanol–water partition coefficient (Wildman–Crippen LogP) is 4.04. The van der Waals surface area contributed by atoms with Crippen LogP contribution >= 0.6 is 0 Å². The summed E-state index contributed by atoms with van der Waals surface area (Å²) in [4.78, 5) is 10.2. The van der Waals surface area contributed by atoms with Gasteiger partial charge in [-0.05, 0) is 18.6 Å². The van der Waals surface area contributed by atoms with Gasteiger partial charge in [0.05, 0.1) is 77.6 Å². The van der Waals surface area contributed by atoms with Crippen molar-refractivity contribution in [1.82, 2.24) is 0 Å². The van der Waals surface area contributed by atoms with E-state index < -0.39 is 4.92 Å². The standard InChI is InChI=1S/C25H43NO9/c1-2-3-4-5-6-11-29-12-13-30-14-15-31-16-17-32-18-19-33-20-21-34-22-23-35-25-9-7-24(8-10-25)26(27)28/h7-10H,2-6,11-23H2,1H3. The van der Waals surface area contributed by atoms with Crippen LogP contribution in [0.1, 0.15) is 39.0 Å². The third-order valence-electron chi connectivity index (χ3n) is 4.80. The van der Waals surface area contributed by atoms with Crippen molar-refractivity contribution in [3.05, 3.63) is 34.4 Å². The van der Waals surface area contributed by atoms with Crippen LogP contribution in [0.4, 0.5) is 5.69 Å². The summed E-state index contributed by atoms with van der Waals surface area (Å²) >= 11 is 0. The van der Waals surface area contributed by atoms with Gasteiger partial charge in [-0.15, -0.1) is 0 Å². The Bertz CT molecular complexity index is 601. The molecule has 0 amide bonds. The fourth-order valence-electron chi connectivity index (χ4n) is 2.89. The molecule has 35 heavy (non-hydrogen) atoms. The molecule has 0 radical (unpaired) electrons. The number of unbranched alkanes of at least 4 members (excludes halogenated alkanes) is 4. The molecule has 0 aliphatic rings. The predicted molar refractivity (Wildman–Crippen MR) is 132 cm³/mol. The Morgan fingerprint density at radius 3 is 1.40 bits per heavy atom. The number of ether oxygens (including phenoxy) is 7. The Morgan fingerprint density at radius 2 is 0.971 bits per heavy atom. The molecule has 0 aliphatic heterocycles. The van der Waals surface area contributed by atoms with Crippen LogP contribution in [0, 0.1) is 10.1 Å². The fraction of sp³-hybridized carbons (Fsp3) is 0.760. The van der Waals surface area contributed by atoms with E-state index in [1.54, 1.807) is 12.1 Å². The summed E-state index contributed by atoms with van der Waals surface area (Å²) in [5.74, 6) is 0.567. The molecule has 0 saturated carbocycles. The molecule has 0 spiro atoms. The molecule has 10 heteroatoms. The molecule has 0 unspecified atom stereocenters. The smallest absolute Gasteiger partial charge is 0.269 e. The van der Waals surface area contributed by atoms with Gasteiger partial charge in [-0.3, -0.25) is 10.1 Å². The number of nitrogens with zero attached hydrogens (tertiary/aromatic N) is 1. The van der Waals surface area contributed by atoms with Gasteiger partial charge in [0.25, 0.3) is 5.69 Å². The van der Waals surface area contributed by atoms with Crippen LogP contribution in [0.5, 0.6) is 5.75 Å². The lowest BCUT2D eigenvalue weighted by Gasteiger charge is -2.09. The Labute approximate surface area is 209 Å². The number of benzene rings is 1. The van der Waals surface area contributed by atoms with Crippen LogP contribution < -0.4 is 4.74 Å². The van der Waals surface area contributed by atoms with Crippen molar-refractivity contribution in [2.45, 2.75) is 39.0 Å². The first-order valence-electron chi connectivity index (χ1n) is 12.6. The Kier molecular flexibility index (Phi) is 21.3. The summed E-state index contributed by atoms with van der Waals surface area (Å²) in [5.41, 5.74) is 0.0346. The lowest BCUT2D eigenvalue weighted by atomic mass is 10.2. The van der Waals surface area contributed by atoms with Crippen molar-refractivity contribution in [2.24, 2.45) is 0 Å². The van der Waals surface area contributed by atoms with Gasteiger partial charge in [0.15, 0.2) is 0 Å². The molecule has 0 atom stereocenters. The third-order valence-corrected chi connectivity index (χ3v) is 4.80. The molecule has 0 saturated heterocycles. The molecule has 0 fully saturated rings. The zero-order valence-corrected chi connectivity index (χ0v) is 21.2. The third kappa shape index (κ3) is 20.1. The highest BCUT2D eigenvalue weighted by molar-refractivity contribution is 5.35. The van der Waals surface area contributed by atoms with Crippen LogP contribution in [-0.4, -0.2) is 90.8 Å². The summed E-state index contributed by atoms with van der Waals surface area (Å²) in [7, 11) is 0. The van der Waals surface area contributed by atoms with Crippen LogP contribution in [-0.2, 0) is 28.4 Å². The van der Waals surface area contributed by atoms with E-state index in [0.29, 0.717) is 85.0 Å². The number of non-ortho nitro benzene ring substituents is 1. The monoisotopic (exact) mass is 501 g/mol. The Hall–Kier alpha value is -1.82. The highest BCUT2D eigenvalue weighted by atomic mass is 16.6. The molecule has 1 rings (SSSR count). The van der Waals surface area contributed by atoms with Gasteiger partial charge in [0.2, 0.25) is 0 Å². The first kappa shape index (κ1) is 31.2. The second kappa shape index (κ2) is 23.9. The average molecular weight is 502 g/mol. The molecule has 0 bridgehead atoms. The molecule has 0 aromatic heterocycles. The van der Waals surface area contributed by atoms with Crippen molar-refractivity contribution >= 4 is 5.69 Å². The molecule has 1 aromatic rings. The maximum Gasteiger partial charge on any atom is 0.269 e. The Balaban J connectivity index is 1.71. The summed E-state index contributed by atoms with van der Waals surface area (Å²) in [6.07, 6.45) is 6.25. The van der Waals surface area contributed by atoms with Crippen LogP contribution in [0.25, 0.3) is 0 Å². The molecule has 10 nitrogen and oxygen atoms in total. The van der Waals surface area contributed by atoms with Gasteiger partial charge in [-0.25, -0.2) is 0 Å². The van der Waals surface area contributed by atoms with E-state index in [4.69, 9.17) is 33.2 Å². The summed E-state index contributed by atoms with van der Waals surface area (Å²) < 4.78 is 38.2. The van der Waals surface area contributed by atoms with E-state index in [2.05, 4.69) is 6.92 Å². The van der Waals surface area contributed by atoms with Gasteiger partial charge in [-0.1, -0.05) is 32.6 Å². The second-order valence-corrected chi connectivity index (χ2v) is 7.69. The van der Waals surface area contributed by atoms with Gasteiger partial charge in [0.1, 0.15) is 12.4 Å². The highest BCUT2D eigenvalue weighted by Crippen LogP contribution is 2.17. The molecular formula is C25H43NO9. The number of nitro groups is 1. The quantitative estimate of drug-likeness (QED) is 0.106. The van der Waals surface area contributed by atoms with Crippen LogP contribution in [0.3, 0.4) is 0 Å². The minimum absolute atomic E-state index is 0.0346. The maximum absolute atomic E-state index is 10.6. The average Bonchev–Trinajstić information content (AvgIpc) is 2.87. The molecule has 202 valence electrons. The van der Waals surface area contributed by atoms with E-state index in [1.165, 1.54) is 37.8 Å². The number of hydrogen-bond acceptors (Lipinski definition) is 9. The topological polar surface area (TPSA) is 108 Å². The van der Waals surface area contributed by atoms with Gasteiger partial charge in [-0.2, -0.15) is 0 Å². The molecular weight excluding hydrogens is 458 g/mol. The second-order valence-electron chi connectivity index (χ2n) is 7.69. The molecule has 1 aromatic carbocycles. The van der Waals surface area contributed by atoms with Gasteiger partial charge in [0, 0.05) is 18.7 Å². The lowest BCUT2D eigenvalue weighted by molar-refractivity contribution is -0.384. The molecule has 0 N–H and O–H groups in total. The van der Waals surface area contributed by atoms with E-state index in [1.807, 2.05) is 0 Å². The fourth-order valence-corrected chi connectivity index (χ4v) is 2.89. The van der Waals surface area contributed by atoms with E-state index in [-0.39, 0.29) is 5.69 Å². The number of rotatable bonds is 26. The van der Waals surface area contributed by atoms with E-state index >= 15 is 0 Å². The van der Waals surface area contributed by atoms with Crippen molar-refractivity contribution < 1.29 is 38.1 Å². The summed E-state index contributed by atoms with van der Waals surface area (Å²) in [5, 5.41) is 10.6. The van der Waals surface area contributed by atoms with Gasteiger partial charge < -0.3 is 33.2 Å². The molecule has 0 aliphatic carbocycles. The van der Waals surface area contributed by atoms with Crippen molar-refractivity contribution in [2.75, 3.05) is 85.9 Å². The SMILES string of the molecule is CCCCCCCOCCOCCOCCOCCOCCOCCOc1ccc([N+](=O)[O-])cc1. The van der Waals surface area contributed by atoms with E-state index in [9.17, 15) is 10.1 Å². The van der Waals surface area contributed by atoms with Crippen molar-refractivity contribution in [1.29, 1.82) is 0 Å². The maximum atomic E-state index is 10.6. The highest BCUT2D eigenvalue weighted by Gasteiger charge is 2.04. The number of hydrogen-bond donors (Lipinski definition) is 0. The Morgan fingerprint density at radius 1 is 0.571 bits per heavy atom. The van der Waals surface area contributed by atoms with Crippen LogP contribution in [0.15, 0.2) is 24.3 Å². The minimum Gasteiger partial charge on any atom is -0.491 e. The van der Waals surface area contributed by atoms with Crippen LogP contribution in [0.2, 0.25) is 0 Å². The largest absolute Gasteiger partial charge is 0.491 e.